The third-order valence-electron chi connectivity index (χ3n) is 5.67. The molecule has 0 heterocycles. The third kappa shape index (κ3) is 7.41. The molecule has 0 bridgehead atoms. The van der Waals surface area contributed by atoms with Gasteiger partial charge in [-0.2, -0.15) is 10.5 Å². The van der Waals surface area contributed by atoms with E-state index in [1.54, 1.807) is 37.3 Å². The zero-order valence-electron chi connectivity index (χ0n) is 21.8. The molecule has 0 atom stereocenters. The molecule has 4 aromatic rings. The predicted octanol–water partition coefficient (Wildman–Crippen LogP) is 6.67. The number of ether oxygens (including phenoxy) is 1. The molecule has 0 spiro atoms. The fraction of sp³-hybridized carbons (Fsp3) is 0.0588. The van der Waals surface area contributed by atoms with Crippen molar-refractivity contribution in [1.29, 1.82) is 10.5 Å². The van der Waals surface area contributed by atoms with E-state index in [2.05, 4.69) is 0 Å². The lowest BCUT2D eigenvalue weighted by Gasteiger charge is -2.11. The number of esters is 1. The first-order valence-corrected chi connectivity index (χ1v) is 12.4. The first kappa shape index (κ1) is 28.8. The predicted molar refractivity (Wildman–Crippen MR) is 153 cm³/mol. The quantitative estimate of drug-likeness (QED) is 0.163. The summed E-state index contributed by atoms with van der Waals surface area (Å²) in [5.41, 5.74) is 3.86. The van der Waals surface area contributed by atoms with Gasteiger partial charge in [-0.05, 0) is 29.2 Å². The van der Waals surface area contributed by atoms with E-state index in [0.29, 0.717) is 22.3 Å². The monoisotopic (exact) mass is 526 g/mol. The summed E-state index contributed by atoms with van der Waals surface area (Å²) in [6.45, 7) is 1.96. The highest BCUT2D eigenvalue weighted by atomic mass is 16.5. The molecule has 4 rings (SSSR count). The fourth-order valence-corrected chi connectivity index (χ4v) is 3.95. The molecule has 1 N–H and O–H groups in total. The van der Waals surface area contributed by atoms with E-state index in [-0.39, 0.29) is 17.8 Å². The molecule has 0 amide bonds. The molecule has 6 heteroatoms. The molecule has 0 unspecified atom stereocenters. The standard InChI is InChI=1S/C18H15NO2.C16H11NO2/c1-2-21-18(20)16(13-19)17(14-9-5-3-6-10-14)15-11-7-4-8-12-15;17-11-14(16(18)19)15(12-7-3-1-4-8-12)13-9-5-2-6-10-13/h3-12H,2H2,1H3;1-10H,(H,18,19). The molecule has 0 aliphatic carbocycles. The van der Waals surface area contributed by atoms with Crippen LogP contribution in [0, 0.1) is 22.7 Å². The molecule has 0 saturated carbocycles. The van der Waals surface area contributed by atoms with E-state index in [4.69, 9.17) is 10.00 Å². The van der Waals surface area contributed by atoms with Gasteiger partial charge in [0.15, 0.2) is 0 Å². The number of nitriles is 2. The minimum absolute atomic E-state index is 0.0225. The van der Waals surface area contributed by atoms with Gasteiger partial charge in [-0.3, -0.25) is 0 Å². The van der Waals surface area contributed by atoms with Gasteiger partial charge in [0.05, 0.1) is 6.61 Å². The Morgan fingerprint density at radius 1 is 0.600 bits per heavy atom. The second kappa shape index (κ2) is 14.9. The Labute approximate surface area is 233 Å². The van der Waals surface area contributed by atoms with Gasteiger partial charge >= 0.3 is 11.9 Å². The molecule has 4 aromatic carbocycles. The topological polar surface area (TPSA) is 111 Å². The minimum atomic E-state index is -1.22. The highest BCUT2D eigenvalue weighted by molar-refractivity contribution is 6.05. The fourth-order valence-electron chi connectivity index (χ4n) is 3.95. The van der Waals surface area contributed by atoms with E-state index in [1.807, 2.05) is 103 Å². The van der Waals surface area contributed by atoms with Crippen molar-refractivity contribution in [2.75, 3.05) is 6.61 Å². The molecule has 0 aliphatic heterocycles. The minimum Gasteiger partial charge on any atom is -0.477 e. The van der Waals surface area contributed by atoms with Gasteiger partial charge in [0.25, 0.3) is 0 Å². The first-order valence-electron chi connectivity index (χ1n) is 12.4. The maximum atomic E-state index is 12.1. The van der Waals surface area contributed by atoms with Crippen LogP contribution in [0.2, 0.25) is 0 Å². The number of carbonyl (C=O) groups excluding carboxylic acids is 1. The Morgan fingerprint density at radius 2 is 0.900 bits per heavy atom. The van der Waals surface area contributed by atoms with Gasteiger partial charge in [-0.25, -0.2) is 9.59 Å². The van der Waals surface area contributed by atoms with Crippen LogP contribution in [0.15, 0.2) is 132 Å². The summed E-state index contributed by atoms with van der Waals surface area (Å²) in [6, 6.07) is 40.7. The van der Waals surface area contributed by atoms with Crippen molar-refractivity contribution < 1.29 is 19.4 Å². The summed E-state index contributed by atoms with van der Waals surface area (Å²) in [4.78, 5) is 23.3. The van der Waals surface area contributed by atoms with Crippen LogP contribution in [0.25, 0.3) is 11.1 Å². The summed E-state index contributed by atoms with van der Waals surface area (Å²) in [6.07, 6.45) is 0. The lowest BCUT2D eigenvalue weighted by atomic mass is 9.93. The molecule has 6 nitrogen and oxygen atoms in total. The average Bonchev–Trinajstić information content (AvgIpc) is 3.00. The first-order chi connectivity index (χ1) is 19.5. The summed E-state index contributed by atoms with van der Waals surface area (Å²) < 4.78 is 5.00. The van der Waals surface area contributed by atoms with E-state index in [0.717, 1.165) is 11.1 Å². The number of hydrogen-bond acceptors (Lipinski definition) is 5. The van der Waals surface area contributed by atoms with Crippen molar-refractivity contribution in [3.63, 3.8) is 0 Å². The highest BCUT2D eigenvalue weighted by Crippen LogP contribution is 2.28. The van der Waals surface area contributed by atoms with E-state index >= 15 is 0 Å². The number of aliphatic carboxylic acids is 1. The number of carboxylic acid groups (broad SMARTS) is 1. The van der Waals surface area contributed by atoms with Crippen LogP contribution in [0.1, 0.15) is 29.2 Å². The average molecular weight is 527 g/mol. The number of nitrogens with zero attached hydrogens (tertiary/aromatic N) is 2. The van der Waals surface area contributed by atoms with Crippen LogP contribution in [-0.4, -0.2) is 23.7 Å². The van der Waals surface area contributed by atoms with Gasteiger partial charge in [-0.15, -0.1) is 0 Å². The van der Waals surface area contributed by atoms with Crippen LogP contribution >= 0.6 is 0 Å². The van der Waals surface area contributed by atoms with Crippen molar-refractivity contribution in [3.05, 3.63) is 155 Å². The summed E-state index contributed by atoms with van der Waals surface area (Å²) in [5.74, 6) is -1.81. The molecule has 0 radical (unpaired) electrons. The SMILES string of the molecule is CCOC(=O)C(C#N)=C(c1ccccc1)c1ccccc1.N#CC(C(=O)O)=C(c1ccccc1)c1ccccc1. The number of hydrogen-bond donors (Lipinski definition) is 1. The van der Waals surface area contributed by atoms with Gasteiger partial charge < -0.3 is 9.84 Å². The summed E-state index contributed by atoms with van der Waals surface area (Å²) in [7, 11) is 0. The Kier molecular flexibility index (Phi) is 10.7. The van der Waals surface area contributed by atoms with Gasteiger partial charge in [0.2, 0.25) is 0 Å². The van der Waals surface area contributed by atoms with Crippen LogP contribution in [-0.2, 0) is 14.3 Å². The smallest absolute Gasteiger partial charge is 0.349 e. The molecular weight excluding hydrogens is 500 g/mol. The van der Waals surface area contributed by atoms with Crippen molar-refractivity contribution in [2.45, 2.75) is 6.92 Å². The van der Waals surface area contributed by atoms with Crippen molar-refractivity contribution in [2.24, 2.45) is 0 Å². The van der Waals surface area contributed by atoms with Gasteiger partial charge in [-0.1, -0.05) is 121 Å². The van der Waals surface area contributed by atoms with E-state index < -0.39 is 11.9 Å². The lowest BCUT2D eigenvalue weighted by Crippen LogP contribution is -2.09. The maximum absolute atomic E-state index is 12.1. The Bertz CT molecular complexity index is 1500. The van der Waals surface area contributed by atoms with Crippen LogP contribution in [0.5, 0.6) is 0 Å². The molecule has 196 valence electrons. The van der Waals surface area contributed by atoms with Gasteiger partial charge in [0, 0.05) is 11.1 Å². The molecule has 0 aliphatic rings. The molecular formula is C34H26N2O4. The number of rotatable bonds is 7. The molecule has 0 saturated heterocycles. The molecule has 0 aromatic heterocycles. The Hall–Kier alpha value is -5.72. The second-order valence-corrected chi connectivity index (χ2v) is 8.21. The second-order valence-electron chi connectivity index (χ2n) is 8.21. The maximum Gasteiger partial charge on any atom is 0.349 e. The van der Waals surface area contributed by atoms with Crippen LogP contribution in [0.3, 0.4) is 0 Å². The summed E-state index contributed by atoms with van der Waals surface area (Å²) >= 11 is 0. The van der Waals surface area contributed by atoms with Crippen molar-refractivity contribution in [3.8, 4) is 12.1 Å². The zero-order valence-corrected chi connectivity index (χ0v) is 21.8. The lowest BCUT2D eigenvalue weighted by molar-refractivity contribution is -0.138. The number of carboxylic acids is 1. The molecule has 0 fully saturated rings. The van der Waals surface area contributed by atoms with Crippen molar-refractivity contribution in [1.82, 2.24) is 0 Å². The third-order valence-corrected chi connectivity index (χ3v) is 5.67. The van der Waals surface area contributed by atoms with Gasteiger partial charge in [0.1, 0.15) is 23.3 Å². The Balaban J connectivity index is 0.000000222. The Morgan fingerprint density at radius 3 is 1.15 bits per heavy atom. The van der Waals surface area contributed by atoms with E-state index in [9.17, 15) is 20.0 Å². The molecule has 40 heavy (non-hydrogen) atoms. The van der Waals surface area contributed by atoms with Crippen LogP contribution in [0.4, 0.5) is 0 Å². The van der Waals surface area contributed by atoms with E-state index in [1.165, 1.54) is 0 Å². The largest absolute Gasteiger partial charge is 0.477 e. The summed E-state index contributed by atoms with van der Waals surface area (Å²) in [5, 5.41) is 27.7. The number of benzene rings is 4. The zero-order chi connectivity index (χ0) is 28.7. The highest BCUT2D eigenvalue weighted by Gasteiger charge is 2.19. The van der Waals surface area contributed by atoms with Crippen molar-refractivity contribution >= 4 is 23.1 Å². The van der Waals surface area contributed by atoms with Crippen LogP contribution < -0.4 is 0 Å². The number of carbonyl (C=O) groups is 2. The normalized spacial score (nSPS) is 9.47.